The Labute approximate surface area is 234 Å². The monoisotopic (exact) mass is 566 g/mol. The van der Waals surface area contributed by atoms with Crippen LogP contribution in [-0.4, -0.2) is 55.7 Å². The Morgan fingerprint density at radius 1 is 0.925 bits per heavy atom. The Bertz CT molecular complexity index is 1410. The molecule has 0 aromatic heterocycles. The number of anilines is 1. The summed E-state index contributed by atoms with van der Waals surface area (Å²) in [4.78, 5) is 38.9. The van der Waals surface area contributed by atoms with Crippen molar-refractivity contribution in [1.82, 2.24) is 10.2 Å². The van der Waals surface area contributed by atoms with Crippen molar-refractivity contribution in [3.8, 4) is 0 Å². The number of carbonyl (C=O) groups excluding carboxylic acids is 2. The van der Waals surface area contributed by atoms with Crippen LogP contribution in [0.15, 0.2) is 89.8 Å². The lowest BCUT2D eigenvalue weighted by molar-refractivity contribution is -0.384. The van der Waals surface area contributed by atoms with Crippen molar-refractivity contribution < 1.29 is 22.9 Å². The van der Waals surface area contributed by atoms with Crippen molar-refractivity contribution in [2.24, 2.45) is 5.92 Å². The van der Waals surface area contributed by atoms with Crippen molar-refractivity contribution >= 4 is 33.2 Å². The highest BCUT2D eigenvalue weighted by Crippen LogP contribution is 2.27. The van der Waals surface area contributed by atoms with E-state index in [9.17, 15) is 28.1 Å². The number of nitro benzene ring substituents is 1. The molecule has 1 atom stereocenters. The molecular weight excluding hydrogens is 532 g/mol. The fourth-order valence-corrected chi connectivity index (χ4v) is 5.46. The Hall–Kier alpha value is -4.25. The SMILES string of the molecule is CC(C)CNC(=O)[C@@H](C)N(CCc1ccccc1)C(=O)CN(c1cccc([N+](=O)[O-])c1)S(=O)(=O)c1ccccc1. The van der Waals surface area contributed by atoms with Gasteiger partial charge in [0.1, 0.15) is 12.6 Å². The topological polar surface area (TPSA) is 130 Å². The standard InChI is InChI=1S/C29H34N4O6S/c1-22(2)20-30-29(35)23(3)31(18-17-24-11-6-4-7-12-24)28(34)21-32(25-13-10-14-26(19-25)33(36)37)40(38,39)27-15-8-5-9-16-27/h4-16,19,22-23H,17-18,20-21H2,1-3H3,(H,30,35)/t23-/m1/s1. The molecule has 0 bridgehead atoms. The number of nitrogens with one attached hydrogen (secondary N) is 1. The molecule has 11 heteroatoms. The molecule has 0 spiro atoms. The molecule has 0 saturated carbocycles. The fraction of sp³-hybridized carbons (Fsp3) is 0.310. The zero-order chi connectivity index (χ0) is 29.3. The van der Waals surface area contributed by atoms with Gasteiger partial charge < -0.3 is 10.2 Å². The van der Waals surface area contributed by atoms with Gasteiger partial charge in [-0.05, 0) is 43.0 Å². The van der Waals surface area contributed by atoms with Crippen LogP contribution in [-0.2, 0) is 26.0 Å². The lowest BCUT2D eigenvalue weighted by Gasteiger charge is -2.32. The summed E-state index contributed by atoms with van der Waals surface area (Å²) >= 11 is 0. The molecule has 0 aliphatic carbocycles. The first-order chi connectivity index (χ1) is 19.0. The molecule has 0 radical (unpaired) electrons. The third-order valence-corrected chi connectivity index (χ3v) is 8.06. The highest BCUT2D eigenvalue weighted by atomic mass is 32.2. The van der Waals surface area contributed by atoms with Gasteiger partial charge in [-0.3, -0.25) is 24.0 Å². The molecule has 3 aromatic rings. The van der Waals surface area contributed by atoms with Crippen LogP contribution in [0, 0.1) is 16.0 Å². The number of nitro groups is 1. The van der Waals surface area contributed by atoms with Gasteiger partial charge in [-0.15, -0.1) is 0 Å². The van der Waals surface area contributed by atoms with Crippen molar-refractivity contribution in [2.75, 3.05) is 23.9 Å². The quantitative estimate of drug-likeness (QED) is 0.246. The third-order valence-electron chi connectivity index (χ3n) is 6.27. The van der Waals surface area contributed by atoms with Gasteiger partial charge in [-0.1, -0.05) is 68.4 Å². The number of hydrogen-bond acceptors (Lipinski definition) is 6. The van der Waals surface area contributed by atoms with E-state index in [0.29, 0.717) is 13.0 Å². The third kappa shape index (κ3) is 7.89. The summed E-state index contributed by atoms with van der Waals surface area (Å²) in [6.07, 6.45) is 0.441. The summed E-state index contributed by atoms with van der Waals surface area (Å²) in [5.41, 5.74) is 0.592. The van der Waals surface area contributed by atoms with Crippen LogP contribution in [0.25, 0.3) is 0 Å². The Balaban J connectivity index is 1.99. The first-order valence-corrected chi connectivity index (χ1v) is 14.4. The van der Waals surface area contributed by atoms with Crippen molar-refractivity contribution in [3.05, 3.63) is 101 Å². The first kappa shape index (κ1) is 30.3. The van der Waals surface area contributed by atoms with Gasteiger partial charge in [-0.25, -0.2) is 8.42 Å². The number of sulfonamides is 1. The number of nitrogens with zero attached hydrogens (tertiary/aromatic N) is 3. The highest BCUT2D eigenvalue weighted by molar-refractivity contribution is 7.92. The maximum absolute atomic E-state index is 13.8. The largest absolute Gasteiger partial charge is 0.354 e. The van der Waals surface area contributed by atoms with E-state index in [1.807, 2.05) is 44.2 Å². The summed E-state index contributed by atoms with van der Waals surface area (Å²) < 4.78 is 28.3. The van der Waals surface area contributed by atoms with E-state index >= 15 is 0 Å². The highest BCUT2D eigenvalue weighted by Gasteiger charge is 2.32. The van der Waals surface area contributed by atoms with Gasteiger partial charge >= 0.3 is 0 Å². The number of non-ortho nitro benzene ring substituents is 1. The summed E-state index contributed by atoms with van der Waals surface area (Å²) in [5, 5.41) is 14.3. The van der Waals surface area contributed by atoms with Gasteiger partial charge in [0.2, 0.25) is 11.8 Å². The number of benzene rings is 3. The molecule has 1 N–H and O–H groups in total. The molecule has 0 fully saturated rings. The molecule has 0 unspecified atom stereocenters. The van der Waals surface area contributed by atoms with Crippen LogP contribution >= 0.6 is 0 Å². The minimum absolute atomic E-state index is 0.0358. The lowest BCUT2D eigenvalue weighted by Crippen LogP contribution is -2.52. The van der Waals surface area contributed by atoms with E-state index in [2.05, 4.69) is 5.32 Å². The number of carbonyl (C=O) groups is 2. The van der Waals surface area contributed by atoms with Crippen LogP contribution in [0.1, 0.15) is 26.3 Å². The van der Waals surface area contributed by atoms with E-state index in [0.717, 1.165) is 15.9 Å². The molecule has 212 valence electrons. The van der Waals surface area contributed by atoms with E-state index in [1.54, 1.807) is 25.1 Å². The fourth-order valence-electron chi connectivity index (χ4n) is 4.03. The Morgan fingerprint density at radius 3 is 2.15 bits per heavy atom. The zero-order valence-electron chi connectivity index (χ0n) is 22.8. The molecule has 2 amide bonds. The second-order valence-electron chi connectivity index (χ2n) is 9.74. The zero-order valence-corrected chi connectivity index (χ0v) is 23.6. The minimum Gasteiger partial charge on any atom is -0.354 e. The molecule has 10 nitrogen and oxygen atoms in total. The maximum Gasteiger partial charge on any atom is 0.271 e. The van der Waals surface area contributed by atoms with Gasteiger partial charge in [0.05, 0.1) is 15.5 Å². The smallest absolute Gasteiger partial charge is 0.271 e. The predicted molar refractivity (Wildman–Crippen MR) is 153 cm³/mol. The van der Waals surface area contributed by atoms with Crippen LogP contribution in [0.5, 0.6) is 0 Å². The van der Waals surface area contributed by atoms with Crippen LogP contribution in [0.4, 0.5) is 11.4 Å². The second-order valence-corrected chi connectivity index (χ2v) is 11.6. The predicted octanol–water partition coefficient (Wildman–Crippen LogP) is 4.02. The van der Waals surface area contributed by atoms with Crippen molar-refractivity contribution in [3.63, 3.8) is 0 Å². The number of hydrogen-bond donors (Lipinski definition) is 1. The summed E-state index contributed by atoms with van der Waals surface area (Å²) in [6, 6.07) is 21.2. The van der Waals surface area contributed by atoms with Crippen molar-refractivity contribution in [2.45, 2.75) is 38.1 Å². The Morgan fingerprint density at radius 2 is 1.55 bits per heavy atom. The van der Waals surface area contributed by atoms with E-state index in [-0.39, 0.29) is 34.6 Å². The van der Waals surface area contributed by atoms with Crippen LogP contribution in [0.2, 0.25) is 0 Å². The minimum atomic E-state index is -4.30. The average molecular weight is 567 g/mol. The molecule has 0 aliphatic rings. The molecule has 3 rings (SSSR count). The maximum atomic E-state index is 13.8. The average Bonchev–Trinajstić information content (AvgIpc) is 2.95. The van der Waals surface area contributed by atoms with E-state index in [1.165, 1.54) is 35.2 Å². The lowest BCUT2D eigenvalue weighted by atomic mass is 10.1. The summed E-state index contributed by atoms with van der Waals surface area (Å²) in [5.74, 6) is -0.776. The molecule has 0 heterocycles. The first-order valence-electron chi connectivity index (χ1n) is 12.9. The molecule has 0 aliphatic heterocycles. The molecule has 3 aromatic carbocycles. The second kappa shape index (κ2) is 13.7. The van der Waals surface area contributed by atoms with Gasteiger partial charge in [-0.2, -0.15) is 0 Å². The Kier molecular flexibility index (Phi) is 10.4. The molecular formula is C29H34N4O6S. The van der Waals surface area contributed by atoms with Crippen molar-refractivity contribution in [1.29, 1.82) is 0 Å². The molecule has 0 saturated heterocycles. The molecule has 40 heavy (non-hydrogen) atoms. The van der Waals surface area contributed by atoms with Crippen LogP contribution < -0.4 is 9.62 Å². The van der Waals surface area contributed by atoms with Gasteiger partial charge in [0.25, 0.3) is 15.7 Å². The summed E-state index contributed by atoms with van der Waals surface area (Å²) in [6.45, 7) is 5.43. The van der Waals surface area contributed by atoms with Gasteiger partial charge in [0, 0.05) is 25.2 Å². The number of rotatable bonds is 13. The number of amides is 2. The van der Waals surface area contributed by atoms with E-state index in [4.69, 9.17) is 0 Å². The normalized spacial score (nSPS) is 12.0. The van der Waals surface area contributed by atoms with E-state index < -0.39 is 33.4 Å². The summed E-state index contributed by atoms with van der Waals surface area (Å²) in [7, 11) is -4.30. The van der Waals surface area contributed by atoms with Gasteiger partial charge in [0.15, 0.2) is 0 Å². The van der Waals surface area contributed by atoms with Crippen LogP contribution in [0.3, 0.4) is 0 Å².